The molecule has 3 amide bonds. The zero-order valence-corrected chi connectivity index (χ0v) is 18.9. The maximum Gasteiger partial charge on any atom is 0.236 e. The number of piperidine rings is 1. The lowest BCUT2D eigenvalue weighted by molar-refractivity contribution is -0.143. The van der Waals surface area contributed by atoms with Gasteiger partial charge in [0, 0.05) is 38.6 Å². The lowest BCUT2D eigenvalue weighted by Gasteiger charge is -2.43. The van der Waals surface area contributed by atoms with Gasteiger partial charge in [0.2, 0.25) is 17.7 Å². The molecule has 0 aromatic heterocycles. The fourth-order valence-corrected chi connectivity index (χ4v) is 5.70. The van der Waals surface area contributed by atoms with Crippen molar-refractivity contribution in [1.82, 2.24) is 19.6 Å². The lowest BCUT2D eigenvalue weighted by Crippen LogP contribution is -2.55. The van der Waals surface area contributed by atoms with E-state index in [-0.39, 0.29) is 17.7 Å². The van der Waals surface area contributed by atoms with Crippen LogP contribution in [0.2, 0.25) is 0 Å². The normalized spacial score (nSPS) is 24.9. The van der Waals surface area contributed by atoms with Crippen LogP contribution >= 0.6 is 0 Å². The topological polar surface area (TPSA) is 64.2 Å². The van der Waals surface area contributed by atoms with E-state index in [4.69, 9.17) is 0 Å². The first-order valence-electron chi connectivity index (χ1n) is 12.2. The third kappa shape index (κ3) is 4.20. The van der Waals surface area contributed by atoms with Crippen molar-refractivity contribution in [2.75, 3.05) is 45.8 Å². The van der Waals surface area contributed by atoms with Gasteiger partial charge in [0.1, 0.15) is 0 Å². The molecule has 3 heterocycles. The van der Waals surface area contributed by atoms with Crippen molar-refractivity contribution in [2.45, 2.75) is 51.1 Å². The maximum atomic E-state index is 13.2. The van der Waals surface area contributed by atoms with Crippen LogP contribution in [-0.4, -0.2) is 89.2 Å². The average Bonchev–Trinajstić information content (AvgIpc) is 2.99. The number of benzene rings is 1. The minimum absolute atomic E-state index is 0.0237. The second-order valence-electron chi connectivity index (χ2n) is 10.0. The average molecular weight is 439 g/mol. The second-order valence-corrected chi connectivity index (χ2v) is 10.0. The number of amides is 3. The summed E-state index contributed by atoms with van der Waals surface area (Å²) in [5.74, 6) is 0.117. The fraction of sp³-hybridized carbons (Fsp3) is 0.640. The third-order valence-corrected chi connectivity index (χ3v) is 8.10. The van der Waals surface area contributed by atoms with Gasteiger partial charge in [-0.25, -0.2) is 0 Å². The van der Waals surface area contributed by atoms with E-state index in [1.807, 2.05) is 35.2 Å². The Morgan fingerprint density at radius 1 is 0.938 bits per heavy atom. The van der Waals surface area contributed by atoms with Gasteiger partial charge in [0.25, 0.3) is 0 Å². The molecule has 0 unspecified atom stereocenters. The maximum absolute atomic E-state index is 13.2. The lowest BCUT2D eigenvalue weighted by atomic mass is 9.77. The first-order valence-corrected chi connectivity index (χ1v) is 12.2. The van der Waals surface area contributed by atoms with E-state index in [2.05, 4.69) is 9.80 Å². The predicted octanol–water partition coefficient (Wildman–Crippen LogP) is 1.72. The first kappa shape index (κ1) is 21.6. The highest BCUT2D eigenvalue weighted by molar-refractivity contribution is 6.05. The Hall–Kier alpha value is -2.25. The van der Waals surface area contributed by atoms with Gasteiger partial charge < -0.3 is 4.90 Å². The van der Waals surface area contributed by atoms with Gasteiger partial charge in [-0.1, -0.05) is 36.8 Å². The Balaban J connectivity index is 1.11. The Kier molecular flexibility index (Phi) is 6.03. The number of hydrogen-bond acceptors (Lipinski definition) is 5. The van der Waals surface area contributed by atoms with Crippen LogP contribution < -0.4 is 0 Å². The molecule has 32 heavy (non-hydrogen) atoms. The zero-order chi connectivity index (χ0) is 22.1. The van der Waals surface area contributed by atoms with Crippen LogP contribution in [0.4, 0.5) is 0 Å². The van der Waals surface area contributed by atoms with Crippen LogP contribution in [0.1, 0.15) is 44.1 Å². The quantitative estimate of drug-likeness (QED) is 0.655. The van der Waals surface area contributed by atoms with Crippen LogP contribution in [0.5, 0.6) is 0 Å². The van der Waals surface area contributed by atoms with Crippen LogP contribution in [0.3, 0.4) is 0 Å². The molecule has 4 aliphatic rings. The summed E-state index contributed by atoms with van der Waals surface area (Å²) < 4.78 is 0. The molecule has 7 nitrogen and oxygen atoms in total. The van der Waals surface area contributed by atoms with E-state index < -0.39 is 5.41 Å². The summed E-state index contributed by atoms with van der Waals surface area (Å²) in [7, 11) is 0. The highest BCUT2D eigenvalue weighted by Crippen LogP contribution is 2.42. The van der Waals surface area contributed by atoms with Crippen LogP contribution in [0, 0.1) is 5.41 Å². The van der Waals surface area contributed by atoms with E-state index >= 15 is 0 Å². The molecule has 1 aliphatic carbocycles. The summed E-state index contributed by atoms with van der Waals surface area (Å²) in [6, 6.07) is 10.4. The number of carbonyl (C=O) groups is 3. The molecule has 7 heteroatoms. The number of hydrogen-bond donors (Lipinski definition) is 0. The second kappa shape index (κ2) is 8.94. The van der Waals surface area contributed by atoms with Gasteiger partial charge in [0.15, 0.2) is 0 Å². The number of piperazine rings is 1. The number of imide groups is 1. The van der Waals surface area contributed by atoms with Gasteiger partial charge in [-0.2, -0.15) is 0 Å². The minimum atomic E-state index is -0.570. The monoisotopic (exact) mass is 438 g/mol. The van der Waals surface area contributed by atoms with Crippen molar-refractivity contribution in [3.05, 3.63) is 35.9 Å². The summed E-state index contributed by atoms with van der Waals surface area (Å²) >= 11 is 0. The molecule has 1 spiro atoms. The molecular formula is C25H34N4O3. The van der Waals surface area contributed by atoms with Gasteiger partial charge in [-0.05, 0) is 44.3 Å². The number of carbonyl (C=O) groups excluding carboxylic acids is 3. The van der Waals surface area contributed by atoms with Crippen molar-refractivity contribution in [2.24, 2.45) is 5.41 Å². The molecule has 0 N–H and O–H groups in total. The molecule has 3 saturated heterocycles. The Labute approximate surface area is 190 Å². The molecule has 172 valence electrons. The van der Waals surface area contributed by atoms with Gasteiger partial charge >= 0.3 is 0 Å². The van der Waals surface area contributed by atoms with Crippen molar-refractivity contribution in [3.63, 3.8) is 0 Å². The Morgan fingerprint density at radius 3 is 2.25 bits per heavy atom. The molecule has 1 aromatic rings. The van der Waals surface area contributed by atoms with Crippen molar-refractivity contribution in [1.29, 1.82) is 0 Å². The number of likely N-dealkylation sites (tertiary alicyclic amines) is 2. The van der Waals surface area contributed by atoms with E-state index in [1.54, 1.807) is 0 Å². The van der Waals surface area contributed by atoms with Gasteiger partial charge in [-0.15, -0.1) is 0 Å². The van der Waals surface area contributed by atoms with Crippen LogP contribution in [0.25, 0.3) is 0 Å². The number of nitrogens with zero attached hydrogens (tertiary/aromatic N) is 4. The van der Waals surface area contributed by atoms with Gasteiger partial charge in [-0.3, -0.25) is 29.1 Å². The summed E-state index contributed by atoms with van der Waals surface area (Å²) in [6.45, 7) is 5.83. The summed E-state index contributed by atoms with van der Waals surface area (Å²) in [5, 5.41) is 0. The number of rotatable bonds is 5. The van der Waals surface area contributed by atoms with Crippen molar-refractivity contribution >= 4 is 17.7 Å². The third-order valence-electron chi connectivity index (χ3n) is 8.10. The van der Waals surface area contributed by atoms with Crippen molar-refractivity contribution < 1.29 is 14.4 Å². The highest BCUT2D eigenvalue weighted by atomic mass is 16.2. The fourth-order valence-electron chi connectivity index (χ4n) is 5.70. The smallest absolute Gasteiger partial charge is 0.236 e. The summed E-state index contributed by atoms with van der Waals surface area (Å²) in [5.41, 5.74) is 0.409. The molecule has 3 aliphatic heterocycles. The van der Waals surface area contributed by atoms with Gasteiger partial charge in [0.05, 0.1) is 18.5 Å². The van der Waals surface area contributed by atoms with Crippen LogP contribution in [-0.2, 0) is 20.9 Å². The van der Waals surface area contributed by atoms with E-state index in [0.29, 0.717) is 45.4 Å². The van der Waals surface area contributed by atoms with Crippen LogP contribution in [0.15, 0.2) is 30.3 Å². The van der Waals surface area contributed by atoms with E-state index in [0.717, 1.165) is 37.8 Å². The summed E-state index contributed by atoms with van der Waals surface area (Å²) in [6.07, 6.45) is 5.60. The highest BCUT2D eigenvalue weighted by Gasteiger charge is 2.52. The minimum Gasteiger partial charge on any atom is -0.339 e. The molecule has 0 radical (unpaired) electrons. The Morgan fingerprint density at radius 2 is 1.62 bits per heavy atom. The first-order chi connectivity index (χ1) is 15.5. The standard InChI is InChI=1S/C25H34N4O3/c30-22-17-25(24(32)29(22)18-20-5-2-1-3-6-20)9-11-26(12-10-25)19-23(31)28-15-13-27(14-16-28)21-7-4-8-21/h1-3,5-6,21H,4,7-19H2. The SMILES string of the molecule is O=C(CN1CCC2(CC1)CC(=O)N(Cc1ccccc1)C2=O)N1CCN(C2CCC2)CC1. The summed E-state index contributed by atoms with van der Waals surface area (Å²) in [4.78, 5) is 46.9. The molecule has 1 saturated carbocycles. The molecular weight excluding hydrogens is 404 g/mol. The molecule has 4 fully saturated rings. The van der Waals surface area contributed by atoms with Crippen molar-refractivity contribution in [3.8, 4) is 0 Å². The molecule has 5 rings (SSSR count). The molecule has 1 aromatic carbocycles. The largest absolute Gasteiger partial charge is 0.339 e. The Bertz CT molecular complexity index is 853. The molecule has 0 bridgehead atoms. The van der Waals surface area contributed by atoms with E-state index in [1.165, 1.54) is 24.2 Å². The zero-order valence-electron chi connectivity index (χ0n) is 18.9. The molecule has 0 atom stereocenters. The predicted molar refractivity (Wildman–Crippen MR) is 121 cm³/mol. The van der Waals surface area contributed by atoms with E-state index in [9.17, 15) is 14.4 Å².